The summed E-state index contributed by atoms with van der Waals surface area (Å²) in [7, 11) is 1.26. The highest BCUT2D eigenvalue weighted by atomic mass is 16.5. The van der Waals surface area contributed by atoms with Crippen molar-refractivity contribution < 1.29 is 24.2 Å². The lowest BCUT2D eigenvalue weighted by molar-refractivity contribution is -0.145. The van der Waals surface area contributed by atoms with Gasteiger partial charge in [0.2, 0.25) is 0 Å². The molecule has 0 aromatic carbocycles. The van der Waals surface area contributed by atoms with E-state index in [4.69, 9.17) is 5.11 Å². The number of carbonyl (C=O) groups is 3. The van der Waals surface area contributed by atoms with Crippen LogP contribution in [-0.2, 0) is 9.53 Å². The summed E-state index contributed by atoms with van der Waals surface area (Å²) < 4.78 is 4.66. The van der Waals surface area contributed by atoms with E-state index in [2.05, 4.69) is 9.72 Å². The smallest absolute Gasteiger partial charge is 0.355 e. The van der Waals surface area contributed by atoms with Crippen LogP contribution >= 0.6 is 0 Å². The minimum absolute atomic E-state index is 0.0178. The molecule has 1 atom stereocenters. The zero-order chi connectivity index (χ0) is 14.7. The summed E-state index contributed by atoms with van der Waals surface area (Å²) in [6.07, 6.45) is 2.50. The Kier molecular flexibility index (Phi) is 3.97. The molecular weight excluding hydrogens is 264 g/mol. The maximum absolute atomic E-state index is 12.4. The third kappa shape index (κ3) is 2.47. The molecule has 0 bridgehead atoms. The van der Waals surface area contributed by atoms with E-state index in [0.717, 1.165) is 0 Å². The van der Waals surface area contributed by atoms with Crippen molar-refractivity contribution in [3.8, 4) is 0 Å². The molecule has 0 aliphatic carbocycles. The lowest BCUT2D eigenvalue weighted by Crippen LogP contribution is -2.41. The molecule has 1 N–H and O–H groups in total. The van der Waals surface area contributed by atoms with Gasteiger partial charge in [-0.25, -0.2) is 14.6 Å². The summed E-state index contributed by atoms with van der Waals surface area (Å²) in [5, 5.41) is 9.05. The van der Waals surface area contributed by atoms with Gasteiger partial charge in [0.05, 0.1) is 12.7 Å². The maximum Gasteiger partial charge on any atom is 0.355 e. The van der Waals surface area contributed by atoms with Crippen LogP contribution in [0.15, 0.2) is 18.3 Å². The van der Waals surface area contributed by atoms with Gasteiger partial charge in [-0.2, -0.15) is 0 Å². The molecule has 0 radical (unpaired) electrons. The molecule has 1 aliphatic heterocycles. The van der Waals surface area contributed by atoms with Crippen LogP contribution in [0.25, 0.3) is 0 Å². The maximum atomic E-state index is 12.4. The van der Waals surface area contributed by atoms with Crippen LogP contribution in [0.3, 0.4) is 0 Å². The summed E-state index contributed by atoms with van der Waals surface area (Å²) in [5.74, 6) is -2.28. The minimum Gasteiger partial charge on any atom is -0.476 e. The van der Waals surface area contributed by atoms with Gasteiger partial charge in [-0.3, -0.25) is 4.79 Å². The second-order valence-corrected chi connectivity index (χ2v) is 4.38. The molecule has 20 heavy (non-hydrogen) atoms. The molecule has 2 heterocycles. The quantitative estimate of drug-likeness (QED) is 0.811. The van der Waals surface area contributed by atoms with E-state index >= 15 is 0 Å². The highest BCUT2D eigenvalue weighted by Crippen LogP contribution is 2.22. The molecule has 7 nitrogen and oxygen atoms in total. The number of nitrogens with zero attached hydrogens (tertiary/aromatic N) is 2. The minimum atomic E-state index is -1.28. The van der Waals surface area contributed by atoms with Gasteiger partial charge in [-0.1, -0.05) is 0 Å². The van der Waals surface area contributed by atoms with Crippen LogP contribution < -0.4 is 0 Å². The first-order valence-electron chi connectivity index (χ1n) is 6.13. The second kappa shape index (κ2) is 5.68. The van der Waals surface area contributed by atoms with E-state index in [0.29, 0.717) is 19.4 Å². The number of hydrogen-bond acceptors (Lipinski definition) is 5. The highest BCUT2D eigenvalue weighted by Gasteiger charge is 2.36. The van der Waals surface area contributed by atoms with Crippen molar-refractivity contribution in [3.05, 3.63) is 29.6 Å². The first-order valence-corrected chi connectivity index (χ1v) is 6.13. The molecule has 7 heteroatoms. The average molecular weight is 278 g/mol. The van der Waals surface area contributed by atoms with Gasteiger partial charge in [-0.05, 0) is 25.0 Å². The van der Waals surface area contributed by atoms with Crippen LogP contribution in [0.1, 0.15) is 33.7 Å². The molecule has 1 fully saturated rings. The number of amides is 1. The lowest BCUT2D eigenvalue weighted by atomic mass is 10.1. The predicted octanol–water partition coefficient (Wildman–Crippen LogP) is 0.557. The third-order valence-corrected chi connectivity index (χ3v) is 3.23. The van der Waals surface area contributed by atoms with Gasteiger partial charge in [0, 0.05) is 12.7 Å². The van der Waals surface area contributed by atoms with E-state index in [1.54, 1.807) is 0 Å². The van der Waals surface area contributed by atoms with Crippen LogP contribution in [0.4, 0.5) is 0 Å². The Labute approximate surface area is 115 Å². The van der Waals surface area contributed by atoms with Crippen molar-refractivity contribution in [2.75, 3.05) is 13.7 Å². The van der Waals surface area contributed by atoms with Crippen molar-refractivity contribution in [1.29, 1.82) is 0 Å². The first kappa shape index (κ1) is 14.0. The average Bonchev–Trinajstić information content (AvgIpc) is 2.95. The lowest BCUT2D eigenvalue weighted by Gasteiger charge is -2.23. The number of methoxy groups -OCH3 is 1. The third-order valence-electron chi connectivity index (χ3n) is 3.23. The van der Waals surface area contributed by atoms with E-state index < -0.39 is 23.9 Å². The number of likely N-dealkylation sites (tertiary alicyclic amines) is 1. The Morgan fingerprint density at radius 3 is 2.85 bits per heavy atom. The molecule has 1 aromatic heterocycles. The van der Waals surface area contributed by atoms with Gasteiger partial charge in [-0.15, -0.1) is 0 Å². The zero-order valence-corrected chi connectivity index (χ0v) is 10.9. The van der Waals surface area contributed by atoms with Gasteiger partial charge in [0.1, 0.15) is 6.04 Å². The SMILES string of the molecule is COC(=O)C1CCCN1C(=O)c1cccnc1C(=O)O. The van der Waals surface area contributed by atoms with E-state index in [1.807, 2.05) is 0 Å². The van der Waals surface area contributed by atoms with E-state index in [9.17, 15) is 14.4 Å². The zero-order valence-electron chi connectivity index (χ0n) is 10.9. The van der Waals surface area contributed by atoms with Crippen molar-refractivity contribution >= 4 is 17.8 Å². The predicted molar refractivity (Wildman–Crippen MR) is 67.3 cm³/mol. The molecule has 1 aliphatic rings. The number of pyridine rings is 1. The standard InChI is InChI=1S/C13H14N2O5/c1-20-13(19)9-5-3-7-15(9)11(16)8-4-2-6-14-10(8)12(17)18/h2,4,6,9H,3,5,7H2,1H3,(H,17,18). The fourth-order valence-corrected chi connectivity index (χ4v) is 2.29. The molecule has 1 saturated heterocycles. The number of rotatable bonds is 3. The second-order valence-electron chi connectivity index (χ2n) is 4.38. The van der Waals surface area contributed by atoms with Crippen LogP contribution in [0.2, 0.25) is 0 Å². The van der Waals surface area contributed by atoms with E-state index in [1.165, 1.54) is 30.3 Å². The normalized spacial score (nSPS) is 17.9. The number of hydrogen-bond donors (Lipinski definition) is 1. The van der Waals surface area contributed by atoms with Crippen molar-refractivity contribution in [2.45, 2.75) is 18.9 Å². The molecule has 106 valence electrons. The highest BCUT2D eigenvalue weighted by molar-refractivity contribution is 6.04. The monoisotopic (exact) mass is 278 g/mol. The first-order chi connectivity index (χ1) is 9.56. The van der Waals surface area contributed by atoms with Crippen molar-refractivity contribution in [3.63, 3.8) is 0 Å². The number of ether oxygens (including phenoxy) is 1. The van der Waals surface area contributed by atoms with Crippen LogP contribution in [-0.4, -0.2) is 52.5 Å². The Morgan fingerprint density at radius 1 is 1.45 bits per heavy atom. The Bertz CT molecular complexity index is 557. The van der Waals surface area contributed by atoms with Crippen molar-refractivity contribution in [1.82, 2.24) is 9.88 Å². The summed E-state index contributed by atoms with van der Waals surface area (Å²) in [6, 6.07) is 2.23. The largest absolute Gasteiger partial charge is 0.476 e. The topological polar surface area (TPSA) is 96.8 Å². The summed E-state index contributed by atoms with van der Waals surface area (Å²) in [4.78, 5) is 40.2. The van der Waals surface area contributed by atoms with Gasteiger partial charge >= 0.3 is 11.9 Å². The summed E-state index contributed by atoms with van der Waals surface area (Å²) >= 11 is 0. The Balaban J connectivity index is 2.32. The summed E-state index contributed by atoms with van der Waals surface area (Å²) in [6.45, 7) is 0.395. The summed E-state index contributed by atoms with van der Waals surface area (Å²) in [5.41, 5.74) is -0.330. The van der Waals surface area contributed by atoms with Gasteiger partial charge in [0.15, 0.2) is 5.69 Å². The van der Waals surface area contributed by atoms with Gasteiger partial charge in [0.25, 0.3) is 5.91 Å². The molecule has 1 aromatic rings. The van der Waals surface area contributed by atoms with Crippen LogP contribution in [0.5, 0.6) is 0 Å². The number of esters is 1. The van der Waals surface area contributed by atoms with Crippen LogP contribution in [0, 0.1) is 0 Å². The van der Waals surface area contributed by atoms with Gasteiger partial charge < -0.3 is 14.7 Å². The molecule has 1 amide bonds. The fraction of sp³-hybridized carbons (Fsp3) is 0.385. The number of carboxylic acid groups (broad SMARTS) is 1. The van der Waals surface area contributed by atoms with Crippen molar-refractivity contribution in [2.24, 2.45) is 0 Å². The van der Waals surface area contributed by atoms with E-state index in [-0.39, 0.29) is 11.3 Å². The Morgan fingerprint density at radius 2 is 2.20 bits per heavy atom. The number of carbonyl (C=O) groups excluding carboxylic acids is 2. The molecule has 0 saturated carbocycles. The molecular formula is C13H14N2O5. The number of aromatic nitrogens is 1. The number of aromatic carboxylic acids is 1. The molecule has 0 spiro atoms. The fourth-order valence-electron chi connectivity index (χ4n) is 2.29. The number of carboxylic acids is 1. The molecule has 2 rings (SSSR count). The Hall–Kier alpha value is -2.44. The molecule has 1 unspecified atom stereocenters.